The largest absolute Gasteiger partial charge is 0.330 e. The summed E-state index contributed by atoms with van der Waals surface area (Å²) in [4.78, 5) is -0.348. The van der Waals surface area contributed by atoms with Crippen LogP contribution in [0.15, 0.2) is 27.6 Å². The van der Waals surface area contributed by atoms with Crippen LogP contribution in [0.5, 0.6) is 0 Å². The van der Waals surface area contributed by atoms with E-state index in [-0.39, 0.29) is 23.8 Å². The Kier molecular flexibility index (Phi) is 7.97. The van der Waals surface area contributed by atoms with Crippen molar-refractivity contribution >= 4 is 38.4 Å². The highest BCUT2D eigenvalue weighted by atomic mass is 79.9. The van der Waals surface area contributed by atoms with E-state index >= 15 is 0 Å². The molecule has 0 radical (unpaired) electrons. The molecule has 3 N–H and O–H groups in total. The molecule has 0 saturated heterocycles. The van der Waals surface area contributed by atoms with Crippen LogP contribution in [0.25, 0.3) is 0 Å². The summed E-state index contributed by atoms with van der Waals surface area (Å²) in [7, 11) is -3.79. The molecule has 0 aliphatic carbocycles. The van der Waals surface area contributed by atoms with Gasteiger partial charge in [0.15, 0.2) is 0 Å². The first-order valence-electron chi connectivity index (χ1n) is 5.12. The lowest BCUT2D eigenvalue weighted by Crippen LogP contribution is -2.26. The lowest BCUT2D eigenvalue weighted by atomic mass is 10.3. The molecule has 18 heavy (non-hydrogen) atoms. The van der Waals surface area contributed by atoms with Crippen LogP contribution in [0.2, 0.25) is 0 Å². The second kappa shape index (κ2) is 8.06. The molecule has 4 nitrogen and oxygen atoms in total. The number of hydrogen-bond donors (Lipinski definition) is 2. The van der Waals surface area contributed by atoms with Crippen molar-refractivity contribution in [2.24, 2.45) is 5.73 Å². The maximum Gasteiger partial charge on any atom is 0.243 e. The van der Waals surface area contributed by atoms with Gasteiger partial charge < -0.3 is 5.73 Å². The van der Waals surface area contributed by atoms with Gasteiger partial charge in [0.1, 0.15) is 10.7 Å². The fourth-order valence-corrected chi connectivity index (χ4v) is 2.92. The van der Waals surface area contributed by atoms with Gasteiger partial charge in [0, 0.05) is 11.0 Å². The quantitative estimate of drug-likeness (QED) is 0.762. The average molecular weight is 362 g/mol. The molecule has 0 aromatic heterocycles. The van der Waals surface area contributed by atoms with Crippen LogP contribution in [0.4, 0.5) is 4.39 Å². The van der Waals surface area contributed by atoms with E-state index in [2.05, 4.69) is 20.7 Å². The van der Waals surface area contributed by atoms with Crippen LogP contribution in [0, 0.1) is 5.82 Å². The van der Waals surface area contributed by atoms with Crippen LogP contribution < -0.4 is 10.5 Å². The normalized spacial score (nSPS) is 11.1. The molecule has 0 saturated carbocycles. The predicted octanol–water partition coefficient (Wildman–Crippen LogP) is 2.03. The number of nitrogens with one attached hydrogen (secondary N) is 1. The first-order valence-corrected chi connectivity index (χ1v) is 7.40. The number of unbranched alkanes of at least 4 members (excludes halogenated alkanes) is 1. The smallest absolute Gasteiger partial charge is 0.243 e. The Hall–Kier alpha value is -0.210. The first kappa shape index (κ1) is 17.8. The van der Waals surface area contributed by atoms with Crippen LogP contribution in [-0.4, -0.2) is 21.5 Å². The molecule has 0 fully saturated rings. The van der Waals surface area contributed by atoms with E-state index in [9.17, 15) is 12.8 Å². The first-order chi connectivity index (χ1) is 7.97. The Morgan fingerprint density at radius 3 is 2.61 bits per heavy atom. The van der Waals surface area contributed by atoms with Crippen LogP contribution >= 0.6 is 28.3 Å². The minimum Gasteiger partial charge on any atom is -0.330 e. The summed E-state index contributed by atoms with van der Waals surface area (Å²) >= 11 is 3.11. The van der Waals surface area contributed by atoms with E-state index in [1.807, 2.05) is 0 Å². The van der Waals surface area contributed by atoms with Crippen molar-refractivity contribution in [3.63, 3.8) is 0 Å². The molecule has 1 rings (SSSR count). The zero-order chi connectivity index (χ0) is 12.9. The SMILES string of the molecule is Cl.NCCCCNS(=O)(=O)c1cc(Br)ccc1F. The number of sulfonamides is 1. The van der Waals surface area contributed by atoms with Crippen molar-refractivity contribution in [1.82, 2.24) is 4.72 Å². The van der Waals surface area contributed by atoms with E-state index in [4.69, 9.17) is 5.73 Å². The fraction of sp³-hybridized carbons (Fsp3) is 0.400. The molecular formula is C10H15BrClFN2O2S. The van der Waals surface area contributed by atoms with Gasteiger partial charge in [-0.25, -0.2) is 17.5 Å². The van der Waals surface area contributed by atoms with Crippen molar-refractivity contribution in [2.75, 3.05) is 13.1 Å². The average Bonchev–Trinajstić information content (AvgIpc) is 2.28. The molecule has 0 bridgehead atoms. The molecule has 0 atom stereocenters. The number of benzene rings is 1. The maximum atomic E-state index is 13.4. The lowest BCUT2D eigenvalue weighted by molar-refractivity contribution is 0.554. The van der Waals surface area contributed by atoms with Crippen molar-refractivity contribution < 1.29 is 12.8 Å². The van der Waals surface area contributed by atoms with E-state index in [1.54, 1.807) is 0 Å². The van der Waals surface area contributed by atoms with Crippen molar-refractivity contribution in [1.29, 1.82) is 0 Å². The molecule has 1 aromatic rings. The molecule has 104 valence electrons. The monoisotopic (exact) mass is 360 g/mol. The summed E-state index contributed by atoms with van der Waals surface area (Å²) in [6.07, 6.45) is 1.36. The van der Waals surface area contributed by atoms with Gasteiger partial charge in [-0.2, -0.15) is 0 Å². The highest BCUT2D eigenvalue weighted by Crippen LogP contribution is 2.19. The maximum absolute atomic E-state index is 13.4. The Morgan fingerprint density at radius 1 is 1.33 bits per heavy atom. The third-order valence-corrected chi connectivity index (χ3v) is 4.08. The molecule has 0 heterocycles. The van der Waals surface area contributed by atoms with Gasteiger partial charge in [0.05, 0.1) is 0 Å². The van der Waals surface area contributed by atoms with Gasteiger partial charge >= 0.3 is 0 Å². The molecule has 0 amide bonds. The van der Waals surface area contributed by atoms with E-state index < -0.39 is 15.8 Å². The topological polar surface area (TPSA) is 72.2 Å². The fourth-order valence-electron chi connectivity index (χ4n) is 1.24. The van der Waals surface area contributed by atoms with Gasteiger partial charge in [0.25, 0.3) is 0 Å². The van der Waals surface area contributed by atoms with Crippen molar-refractivity contribution in [2.45, 2.75) is 17.7 Å². The highest BCUT2D eigenvalue weighted by molar-refractivity contribution is 9.10. The summed E-state index contributed by atoms with van der Waals surface area (Å²) in [5.41, 5.74) is 5.29. The molecule has 0 aliphatic rings. The Morgan fingerprint density at radius 2 is 2.00 bits per heavy atom. The third-order valence-electron chi connectivity index (χ3n) is 2.11. The molecule has 1 aromatic carbocycles. The standard InChI is InChI=1S/C10H14BrFN2O2S.ClH/c11-8-3-4-9(12)10(7-8)17(15,16)14-6-2-1-5-13;/h3-4,7,14H,1-2,5-6,13H2;1H. The van der Waals surface area contributed by atoms with Gasteiger partial charge in [0.2, 0.25) is 10.0 Å². The molecule has 0 aliphatic heterocycles. The summed E-state index contributed by atoms with van der Waals surface area (Å²) < 4.78 is 39.8. The van der Waals surface area contributed by atoms with Gasteiger partial charge in [-0.1, -0.05) is 15.9 Å². The van der Waals surface area contributed by atoms with Gasteiger partial charge in [-0.05, 0) is 37.6 Å². The predicted molar refractivity (Wildman–Crippen MR) is 74.8 cm³/mol. The second-order valence-electron chi connectivity index (χ2n) is 3.47. The minimum absolute atomic E-state index is 0. The van der Waals surface area contributed by atoms with E-state index in [0.717, 1.165) is 12.5 Å². The van der Waals surface area contributed by atoms with Crippen LogP contribution in [-0.2, 0) is 10.0 Å². The highest BCUT2D eigenvalue weighted by Gasteiger charge is 2.18. The summed E-state index contributed by atoms with van der Waals surface area (Å²) in [5, 5.41) is 0. The summed E-state index contributed by atoms with van der Waals surface area (Å²) in [5.74, 6) is -0.764. The zero-order valence-corrected chi connectivity index (χ0v) is 12.7. The molecule has 0 unspecified atom stereocenters. The Bertz CT molecular complexity index is 485. The van der Waals surface area contributed by atoms with E-state index in [1.165, 1.54) is 12.1 Å². The number of rotatable bonds is 6. The Labute approximate surface area is 121 Å². The van der Waals surface area contributed by atoms with E-state index in [0.29, 0.717) is 17.4 Å². The molecule has 0 spiro atoms. The number of hydrogen-bond acceptors (Lipinski definition) is 3. The number of nitrogens with two attached hydrogens (primary N) is 1. The van der Waals surface area contributed by atoms with Crippen LogP contribution in [0.1, 0.15) is 12.8 Å². The third kappa shape index (κ3) is 5.19. The lowest BCUT2D eigenvalue weighted by Gasteiger charge is -2.07. The summed E-state index contributed by atoms with van der Waals surface area (Å²) in [6, 6.07) is 3.79. The Balaban J connectivity index is 0.00000289. The van der Waals surface area contributed by atoms with Crippen molar-refractivity contribution in [3.8, 4) is 0 Å². The molecular weight excluding hydrogens is 347 g/mol. The minimum atomic E-state index is -3.79. The number of halogens is 3. The second-order valence-corrected chi connectivity index (χ2v) is 6.12. The van der Waals surface area contributed by atoms with Gasteiger partial charge in [-0.15, -0.1) is 12.4 Å². The van der Waals surface area contributed by atoms with Gasteiger partial charge in [-0.3, -0.25) is 0 Å². The van der Waals surface area contributed by atoms with Crippen molar-refractivity contribution in [3.05, 3.63) is 28.5 Å². The molecule has 8 heteroatoms. The summed E-state index contributed by atoms with van der Waals surface area (Å²) in [6.45, 7) is 0.762. The van der Waals surface area contributed by atoms with Crippen LogP contribution in [0.3, 0.4) is 0 Å². The zero-order valence-electron chi connectivity index (χ0n) is 9.53.